The molecule has 11 heavy (non-hydrogen) atoms. The topological polar surface area (TPSA) is 15.3 Å². The predicted octanol–water partition coefficient (Wildman–Crippen LogP) is 0.896. The molecule has 4 heteroatoms. The standard InChI is InChI=1S/C7H14N2.2ClH/c1-9-5-6-2-3-7(9)4-8-6;;/h6-8H,2-5H2,1H3;2*1H. The van der Waals surface area contributed by atoms with Crippen LogP contribution < -0.4 is 5.32 Å². The normalized spacial score (nSPS) is 35.7. The summed E-state index contributed by atoms with van der Waals surface area (Å²) in [4.78, 5) is 2.48. The second kappa shape index (κ2) is 4.51. The lowest BCUT2D eigenvalue weighted by molar-refractivity contribution is 0.101. The molecule has 2 bridgehead atoms. The number of hydrogen-bond donors (Lipinski definition) is 1. The van der Waals surface area contributed by atoms with Crippen LogP contribution in [0, 0.1) is 0 Å². The summed E-state index contributed by atoms with van der Waals surface area (Å²) in [5.41, 5.74) is 0. The maximum atomic E-state index is 3.51. The third kappa shape index (κ3) is 2.22. The van der Waals surface area contributed by atoms with Crippen LogP contribution >= 0.6 is 24.8 Å². The number of rotatable bonds is 0. The summed E-state index contributed by atoms with van der Waals surface area (Å²) >= 11 is 0. The van der Waals surface area contributed by atoms with E-state index in [1.807, 2.05) is 0 Å². The molecule has 3 aliphatic rings. The first-order valence-electron chi connectivity index (χ1n) is 3.80. The Bertz CT molecular complexity index is 113. The molecule has 3 fully saturated rings. The molecule has 3 rings (SSSR count). The van der Waals surface area contributed by atoms with Gasteiger partial charge < -0.3 is 10.2 Å². The minimum Gasteiger partial charge on any atom is -0.311 e. The van der Waals surface area contributed by atoms with E-state index in [0.29, 0.717) is 0 Å². The smallest absolute Gasteiger partial charge is 0.0218 e. The van der Waals surface area contributed by atoms with Crippen molar-refractivity contribution in [3.63, 3.8) is 0 Å². The summed E-state index contributed by atoms with van der Waals surface area (Å²) in [7, 11) is 2.23. The van der Waals surface area contributed by atoms with Gasteiger partial charge in [0.15, 0.2) is 0 Å². The van der Waals surface area contributed by atoms with Crippen molar-refractivity contribution in [1.82, 2.24) is 10.2 Å². The number of hydrogen-bond acceptors (Lipinski definition) is 2. The summed E-state index contributed by atoms with van der Waals surface area (Å²) in [6, 6.07) is 1.65. The molecule has 3 aliphatic heterocycles. The second-order valence-corrected chi connectivity index (χ2v) is 3.28. The Morgan fingerprint density at radius 1 is 1.27 bits per heavy atom. The van der Waals surface area contributed by atoms with E-state index in [0.717, 1.165) is 12.1 Å². The summed E-state index contributed by atoms with van der Waals surface area (Å²) in [6.45, 7) is 2.49. The molecule has 0 radical (unpaired) electrons. The number of fused-ring (bicyclic) bond motifs is 3. The van der Waals surface area contributed by atoms with E-state index in [1.54, 1.807) is 0 Å². The van der Waals surface area contributed by atoms with Crippen LogP contribution in [0.1, 0.15) is 12.8 Å². The van der Waals surface area contributed by atoms with Gasteiger partial charge in [-0.1, -0.05) is 0 Å². The molecule has 3 saturated heterocycles. The third-order valence-corrected chi connectivity index (χ3v) is 2.62. The summed E-state index contributed by atoms with van der Waals surface area (Å²) < 4.78 is 0. The van der Waals surface area contributed by atoms with E-state index >= 15 is 0 Å². The third-order valence-electron chi connectivity index (χ3n) is 2.62. The molecule has 0 aromatic carbocycles. The zero-order chi connectivity index (χ0) is 6.27. The fourth-order valence-electron chi connectivity index (χ4n) is 1.93. The molecule has 2 nitrogen and oxygen atoms in total. The van der Waals surface area contributed by atoms with E-state index in [4.69, 9.17) is 0 Å². The Morgan fingerprint density at radius 2 is 2.00 bits per heavy atom. The SMILES string of the molecule is CN1CC2CCC1CN2.Cl.Cl. The number of likely N-dealkylation sites (N-methyl/N-ethyl adjacent to an activating group) is 1. The first-order chi connectivity index (χ1) is 4.36. The lowest BCUT2D eigenvalue weighted by Crippen LogP contribution is -2.59. The second-order valence-electron chi connectivity index (χ2n) is 3.28. The predicted molar refractivity (Wildman–Crippen MR) is 51.9 cm³/mol. The average Bonchev–Trinajstić information content (AvgIpc) is 1.90. The van der Waals surface area contributed by atoms with Gasteiger partial charge in [0, 0.05) is 25.2 Å². The molecule has 1 N–H and O–H groups in total. The number of nitrogens with one attached hydrogen (secondary N) is 1. The number of nitrogens with zero attached hydrogens (tertiary/aromatic N) is 1. The Hall–Kier alpha value is 0.500. The van der Waals surface area contributed by atoms with Crippen LogP contribution in [-0.2, 0) is 0 Å². The molecule has 0 aromatic rings. The van der Waals surface area contributed by atoms with Crippen LogP contribution in [0.4, 0.5) is 0 Å². The maximum absolute atomic E-state index is 3.51. The van der Waals surface area contributed by atoms with Crippen molar-refractivity contribution in [3.05, 3.63) is 0 Å². The molecule has 2 unspecified atom stereocenters. The van der Waals surface area contributed by atoms with Crippen molar-refractivity contribution < 1.29 is 0 Å². The molecule has 0 saturated carbocycles. The first-order valence-corrected chi connectivity index (χ1v) is 3.80. The van der Waals surface area contributed by atoms with Gasteiger partial charge in [-0.3, -0.25) is 0 Å². The van der Waals surface area contributed by atoms with Crippen LogP contribution in [-0.4, -0.2) is 37.1 Å². The fraction of sp³-hybridized carbons (Fsp3) is 1.00. The monoisotopic (exact) mass is 198 g/mol. The van der Waals surface area contributed by atoms with Gasteiger partial charge >= 0.3 is 0 Å². The van der Waals surface area contributed by atoms with Crippen LogP contribution in [0.15, 0.2) is 0 Å². The highest BCUT2D eigenvalue weighted by Crippen LogP contribution is 2.19. The Morgan fingerprint density at radius 3 is 2.18 bits per heavy atom. The van der Waals surface area contributed by atoms with Gasteiger partial charge in [-0.2, -0.15) is 0 Å². The first kappa shape index (κ1) is 11.5. The van der Waals surface area contributed by atoms with Gasteiger partial charge in [-0.25, -0.2) is 0 Å². The van der Waals surface area contributed by atoms with E-state index in [2.05, 4.69) is 17.3 Å². The van der Waals surface area contributed by atoms with Crippen LogP contribution in [0.2, 0.25) is 0 Å². The highest BCUT2D eigenvalue weighted by molar-refractivity contribution is 5.85. The van der Waals surface area contributed by atoms with Crippen molar-refractivity contribution in [2.45, 2.75) is 24.9 Å². The highest BCUT2D eigenvalue weighted by Gasteiger charge is 2.30. The van der Waals surface area contributed by atoms with Gasteiger partial charge in [-0.15, -0.1) is 24.8 Å². The maximum Gasteiger partial charge on any atom is 0.0218 e. The van der Waals surface area contributed by atoms with Gasteiger partial charge in [-0.05, 0) is 19.9 Å². The summed E-state index contributed by atoms with van der Waals surface area (Å²) in [5, 5.41) is 3.51. The molecule has 0 aliphatic carbocycles. The van der Waals surface area contributed by atoms with E-state index < -0.39 is 0 Å². The summed E-state index contributed by atoms with van der Waals surface area (Å²) in [6.07, 6.45) is 2.81. The molecule has 68 valence electrons. The van der Waals surface area contributed by atoms with E-state index in [1.165, 1.54) is 25.9 Å². The minimum atomic E-state index is 0. The lowest BCUT2D eigenvalue weighted by Gasteiger charge is -2.44. The number of piperazine rings is 1. The van der Waals surface area contributed by atoms with Crippen molar-refractivity contribution >= 4 is 24.8 Å². The quantitative estimate of drug-likeness (QED) is 0.623. The van der Waals surface area contributed by atoms with Crippen LogP contribution in [0.3, 0.4) is 0 Å². The van der Waals surface area contributed by atoms with Crippen LogP contribution in [0.25, 0.3) is 0 Å². The van der Waals surface area contributed by atoms with Crippen molar-refractivity contribution in [3.8, 4) is 0 Å². The van der Waals surface area contributed by atoms with Crippen molar-refractivity contribution in [2.75, 3.05) is 20.1 Å². The zero-order valence-electron chi connectivity index (χ0n) is 6.75. The number of piperidine rings is 2. The van der Waals surface area contributed by atoms with Gasteiger partial charge in [0.2, 0.25) is 0 Å². The van der Waals surface area contributed by atoms with Gasteiger partial charge in [0.05, 0.1) is 0 Å². The van der Waals surface area contributed by atoms with Crippen LogP contribution in [0.5, 0.6) is 0 Å². The molecule has 0 amide bonds. The van der Waals surface area contributed by atoms with E-state index in [9.17, 15) is 0 Å². The zero-order valence-corrected chi connectivity index (χ0v) is 8.38. The van der Waals surface area contributed by atoms with Gasteiger partial charge in [0.25, 0.3) is 0 Å². The fourth-order valence-corrected chi connectivity index (χ4v) is 1.93. The van der Waals surface area contributed by atoms with Crippen molar-refractivity contribution in [1.29, 1.82) is 0 Å². The lowest BCUT2D eigenvalue weighted by atomic mass is 9.94. The Balaban J connectivity index is 0.000000500. The van der Waals surface area contributed by atoms with E-state index in [-0.39, 0.29) is 24.8 Å². The number of halogens is 2. The Labute approximate surface area is 80.5 Å². The highest BCUT2D eigenvalue weighted by atomic mass is 35.5. The molecule has 0 aromatic heterocycles. The Kier molecular flexibility index (Phi) is 4.71. The summed E-state index contributed by atoms with van der Waals surface area (Å²) in [5.74, 6) is 0. The van der Waals surface area contributed by atoms with Crippen molar-refractivity contribution in [2.24, 2.45) is 0 Å². The molecular formula is C7H16Cl2N2. The average molecular weight is 199 g/mol. The molecular weight excluding hydrogens is 183 g/mol. The van der Waals surface area contributed by atoms with Gasteiger partial charge in [0.1, 0.15) is 0 Å². The molecule has 2 atom stereocenters. The minimum absolute atomic E-state index is 0. The largest absolute Gasteiger partial charge is 0.311 e. The molecule has 0 spiro atoms. The molecule has 3 heterocycles.